The molecule has 0 aliphatic heterocycles. The van der Waals surface area contributed by atoms with Gasteiger partial charge in [0.2, 0.25) is 0 Å². The molecule has 0 aliphatic rings. The van der Waals surface area contributed by atoms with Crippen molar-refractivity contribution in [3.05, 3.63) is 18.2 Å². The minimum absolute atomic E-state index is 0.123. The van der Waals surface area contributed by atoms with Gasteiger partial charge in [0.05, 0.1) is 6.04 Å². The van der Waals surface area contributed by atoms with E-state index >= 15 is 0 Å². The number of nitrogens with zero attached hydrogens (tertiary/aromatic N) is 1. The van der Waals surface area contributed by atoms with Crippen molar-refractivity contribution >= 4 is 6.03 Å². The lowest BCUT2D eigenvalue weighted by molar-refractivity contribution is 0.228. The van der Waals surface area contributed by atoms with Crippen LogP contribution in [0.15, 0.2) is 12.4 Å². The summed E-state index contributed by atoms with van der Waals surface area (Å²) in [4.78, 5) is 18.5. The molecule has 1 rings (SSSR count). The number of imidazole rings is 1. The molecule has 1 heterocycles. The molecular weight excluding hydrogens is 192 g/mol. The van der Waals surface area contributed by atoms with Crippen LogP contribution in [0, 0.1) is 0 Å². The molecule has 0 bridgehead atoms. The molecule has 1 atom stereocenters. The first-order valence-electron chi connectivity index (χ1n) is 4.96. The van der Waals surface area contributed by atoms with Crippen LogP contribution in [0.25, 0.3) is 0 Å². The summed E-state index contributed by atoms with van der Waals surface area (Å²) in [5.41, 5.74) is -0.229. The number of rotatable bonds is 2. The molecule has 0 saturated carbocycles. The Morgan fingerprint density at radius 3 is 2.67 bits per heavy atom. The van der Waals surface area contributed by atoms with Crippen LogP contribution < -0.4 is 10.6 Å². The van der Waals surface area contributed by atoms with Gasteiger partial charge < -0.3 is 15.6 Å². The molecule has 0 fully saturated rings. The Kier molecular flexibility index (Phi) is 3.34. The molecule has 0 aliphatic carbocycles. The zero-order valence-corrected chi connectivity index (χ0v) is 9.59. The van der Waals surface area contributed by atoms with Crippen LogP contribution in [-0.2, 0) is 0 Å². The van der Waals surface area contributed by atoms with Crippen molar-refractivity contribution in [1.82, 2.24) is 20.6 Å². The molecule has 1 aromatic heterocycles. The van der Waals surface area contributed by atoms with Gasteiger partial charge >= 0.3 is 6.03 Å². The van der Waals surface area contributed by atoms with Crippen LogP contribution in [0.4, 0.5) is 4.79 Å². The maximum Gasteiger partial charge on any atom is 0.315 e. The van der Waals surface area contributed by atoms with Gasteiger partial charge in [-0.15, -0.1) is 0 Å². The standard InChI is InChI=1S/C10H18N4O/c1-7(8-11-5-6-12-8)13-9(15)14-10(2,3)4/h5-7H,1-4H3,(H,11,12)(H2,13,14,15). The van der Waals surface area contributed by atoms with Crippen LogP contribution >= 0.6 is 0 Å². The Balaban J connectivity index is 2.45. The summed E-state index contributed by atoms with van der Waals surface area (Å²) in [6, 6.07) is -0.311. The Labute approximate surface area is 89.7 Å². The van der Waals surface area contributed by atoms with Crippen molar-refractivity contribution in [2.75, 3.05) is 0 Å². The van der Waals surface area contributed by atoms with Crippen LogP contribution in [0.5, 0.6) is 0 Å². The highest BCUT2D eigenvalue weighted by Gasteiger charge is 2.16. The first-order valence-corrected chi connectivity index (χ1v) is 4.96. The molecule has 5 nitrogen and oxygen atoms in total. The van der Waals surface area contributed by atoms with Gasteiger partial charge in [-0.1, -0.05) is 0 Å². The first-order chi connectivity index (χ1) is 6.88. The Hall–Kier alpha value is -1.52. The molecule has 0 spiro atoms. The Morgan fingerprint density at radius 1 is 1.53 bits per heavy atom. The van der Waals surface area contributed by atoms with Gasteiger partial charge in [0, 0.05) is 17.9 Å². The molecule has 0 aromatic carbocycles. The van der Waals surface area contributed by atoms with Gasteiger partial charge in [-0.2, -0.15) is 0 Å². The number of amides is 2. The highest BCUT2D eigenvalue weighted by atomic mass is 16.2. The lowest BCUT2D eigenvalue weighted by Crippen LogP contribution is -2.47. The monoisotopic (exact) mass is 210 g/mol. The predicted molar refractivity (Wildman–Crippen MR) is 58.4 cm³/mol. The third-order valence-electron chi connectivity index (χ3n) is 1.77. The minimum Gasteiger partial charge on any atom is -0.347 e. The number of aromatic nitrogens is 2. The van der Waals surface area contributed by atoms with E-state index in [1.807, 2.05) is 27.7 Å². The highest BCUT2D eigenvalue weighted by molar-refractivity contribution is 5.75. The van der Waals surface area contributed by atoms with E-state index in [1.165, 1.54) is 0 Å². The van der Waals surface area contributed by atoms with Crippen molar-refractivity contribution in [3.63, 3.8) is 0 Å². The zero-order valence-electron chi connectivity index (χ0n) is 9.59. The second-order valence-electron chi connectivity index (χ2n) is 4.54. The summed E-state index contributed by atoms with van der Waals surface area (Å²) in [7, 11) is 0. The lowest BCUT2D eigenvalue weighted by atomic mass is 10.1. The van der Waals surface area contributed by atoms with E-state index in [1.54, 1.807) is 12.4 Å². The second-order valence-corrected chi connectivity index (χ2v) is 4.54. The normalized spacial score (nSPS) is 13.3. The third-order valence-corrected chi connectivity index (χ3v) is 1.77. The van der Waals surface area contributed by atoms with Crippen molar-refractivity contribution in [2.45, 2.75) is 39.3 Å². The lowest BCUT2D eigenvalue weighted by Gasteiger charge is -2.22. The van der Waals surface area contributed by atoms with Crippen LogP contribution in [-0.4, -0.2) is 21.5 Å². The molecule has 0 radical (unpaired) electrons. The molecule has 0 saturated heterocycles. The number of aromatic amines is 1. The minimum atomic E-state index is -0.229. The van der Waals surface area contributed by atoms with Crippen molar-refractivity contribution in [2.24, 2.45) is 0 Å². The van der Waals surface area contributed by atoms with Crippen LogP contribution in [0.3, 0.4) is 0 Å². The first kappa shape index (κ1) is 11.6. The molecule has 1 unspecified atom stereocenters. The molecule has 84 valence electrons. The highest BCUT2D eigenvalue weighted by Crippen LogP contribution is 2.05. The van der Waals surface area contributed by atoms with E-state index in [4.69, 9.17) is 0 Å². The number of hydrogen-bond acceptors (Lipinski definition) is 2. The van der Waals surface area contributed by atoms with Gasteiger partial charge in [0.15, 0.2) is 0 Å². The number of carbonyl (C=O) groups is 1. The number of urea groups is 1. The topological polar surface area (TPSA) is 69.8 Å². The predicted octanol–water partition coefficient (Wildman–Crippen LogP) is 1.57. The van der Waals surface area contributed by atoms with Crippen molar-refractivity contribution in [1.29, 1.82) is 0 Å². The fourth-order valence-corrected chi connectivity index (χ4v) is 1.16. The summed E-state index contributed by atoms with van der Waals surface area (Å²) < 4.78 is 0. The molecule has 5 heteroatoms. The fraction of sp³-hybridized carbons (Fsp3) is 0.600. The maximum absolute atomic E-state index is 11.5. The fourth-order valence-electron chi connectivity index (χ4n) is 1.16. The maximum atomic E-state index is 11.5. The van der Waals surface area contributed by atoms with Gasteiger partial charge in [0.1, 0.15) is 5.82 Å². The summed E-state index contributed by atoms with van der Waals surface area (Å²) in [5, 5.41) is 5.62. The number of hydrogen-bond donors (Lipinski definition) is 3. The van der Waals surface area contributed by atoms with E-state index in [-0.39, 0.29) is 17.6 Å². The van der Waals surface area contributed by atoms with Crippen molar-refractivity contribution < 1.29 is 4.79 Å². The molecule has 2 amide bonds. The summed E-state index contributed by atoms with van der Waals surface area (Å²) in [6.45, 7) is 7.68. The molecular formula is C10H18N4O. The Bertz CT molecular complexity index is 313. The second kappa shape index (κ2) is 4.33. The summed E-state index contributed by atoms with van der Waals surface area (Å²) >= 11 is 0. The number of H-pyrrole nitrogens is 1. The van der Waals surface area contributed by atoms with E-state index in [0.29, 0.717) is 0 Å². The SMILES string of the molecule is CC(NC(=O)NC(C)(C)C)c1ncc[nH]1. The number of carbonyl (C=O) groups excluding carboxylic acids is 1. The van der Waals surface area contributed by atoms with Gasteiger partial charge in [-0.05, 0) is 27.7 Å². The quantitative estimate of drug-likeness (QED) is 0.693. The van der Waals surface area contributed by atoms with E-state index < -0.39 is 0 Å². The molecule has 1 aromatic rings. The average molecular weight is 210 g/mol. The van der Waals surface area contributed by atoms with Crippen LogP contribution in [0.1, 0.15) is 39.6 Å². The van der Waals surface area contributed by atoms with E-state index in [2.05, 4.69) is 20.6 Å². The van der Waals surface area contributed by atoms with Gasteiger partial charge in [-0.25, -0.2) is 9.78 Å². The smallest absolute Gasteiger partial charge is 0.315 e. The third kappa shape index (κ3) is 4.01. The zero-order chi connectivity index (χ0) is 11.5. The van der Waals surface area contributed by atoms with Gasteiger partial charge in [0.25, 0.3) is 0 Å². The summed E-state index contributed by atoms with van der Waals surface area (Å²) in [5.74, 6) is 0.749. The Morgan fingerprint density at radius 2 is 2.20 bits per heavy atom. The van der Waals surface area contributed by atoms with E-state index in [9.17, 15) is 4.79 Å². The summed E-state index contributed by atoms with van der Waals surface area (Å²) in [6.07, 6.45) is 3.39. The largest absolute Gasteiger partial charge is 0.347 e. The van der Waals surface area contributed by atoms with Crippen molar-refractivity contribution in [3.8, 4) is 0 Å². The van der Waals surface area contributed by atoms with Crippen LogP contribution in [0.2, 0.25) is 0 Å². The van der Waals surface area contributed by atoms with Gasteiger partial charge in [-0.3, -0.25) is 0 Å². The number of nitrogens with one attached hydrogen (secondary N) is 3. The molecule has 3 N–H and O–H groups in total. The van der Waals surface area contributed by atoms with E-state index in [0.717, 1.165) is 5.82 Å². The molecule has 15 heavy (non-hydrogen) atoms. The average Bonchev–Trinajstić information content (AvgIpc) is 2.50.